The van der Waals surface area contributed by atoms with Crippen molar-refractivity contribution in [1.29, 1.82) is 0 Å². The van der Waals surface area contributed by atoms with E-state index in [-0.39, 0.29) is 28.3 Å². The van der Waals surface area contributed by atoms with Crippen LogP contribution < -0.4 is 10.2 Å². The van der Waals surface area contributed by atoms with Crippen LogP contribution in [0.1, 0.15) is 41.4 Å². The number of carbonyl (C=O) groups excluding carboxylic acids is 3. The lowest BCUT2D eigenvalue weighted by Crippen LogP contribution is -2.29. The summed E-state index contributed by atoms with van der Waals surface area (Å²) in [6, 6.07) is 16.8. The highest BCUT2D eigenvalue weighted by atomic mass is 79.9. The van der Waals surface area contributed by atoms with Gasteiger partial charge in [-0.25, -0.2) is 9.69 Å². The van der Waals surface area contributed by atoms with Gasteiger partial charge in [0.1, 0.15) is 0 Å². The fraction of sp³-hybridized carbons (Fsp3) is 0. The highest BCUT2D eigenvalue weighted by Crippen LogP contribution is 2.30. The van der Waals surface area contributed by atoms with Crippen molar-refractivity contribution >= 4 is 51.0 Å². The summed E-state index contributed by atoms with van der Waals surface area (Å²) >= 11 is 3.31. The average Bonchev–Trinajstić information content (AvgIpc) is 2.98. The van der Waals surface area contributed by atoms with Gasteiger partial charge in [0.05, 0.1) is 22.4 Å². The number of hydrogen-bond acceptors (Lipinski definition) is 4. The Morgan fingerprint density at radius 2 is 1.40 bits per heavy atom. The topological polar surface area (TPSA) is 104 Å². The molecule has 0 radical (unpaired) electrons. The van der Waals surface area contributed by atoms with Gasteiger partial charge >= 0.3 is 5.97 Å². The maximum absolute atomic E-state index is 12.8. The van der Waals surface area contributed by atoms with E-state index in [1.165, 1.54) is 36.4 Å². The number of halogens is 1. The van der Waals surface area contributed by atoms with Gasteiger partial charge in [-0.2, -0.15) is 0 Å². The second-order valence-corrected chi connectivity index (χ2v) is 7.43. The summed E-state index contributed by atoms with van der Waals surface area (Å²) in [7, 11) is 0. The van der Waals surface area contributed by atoms with E-state index in [4.69, 9.17) is 5.11 Å². The molecule has 4 rings (SSSR count). The molecule has 0 aliphatic carbocycles. The Morgan fingerprint density at radius 1 is 0.800 bits per heavy atom. The van der Waals surface area contributed by atoms with E-state index in [1.54, 1.807) is 30.3 Å². The molecule has 1 aliphatic rings. The molecule has 1 aliphatic heterocycles. The van der Waals surface area contributed by atoms with Crippen molar-refractivity contribution < 1.29 is 24.3 Å². The zero-order chi connectivity index (χ0) is 21.4. The molecule has 0 saturated heterocycles. The molecule has 148 valence electrons. The molecule has 0 atom stereocenters. The first kappa shape index (κ1) is 19.5. The standard InChI is InChI=1S/C22H13BrN2O5/c23-14-5-1-12(2-6-14)19(26)24-15-7-10-17-18(11-15)21(28)25(20(17)27)16-8-3-13(4-9-16)22(29)30/h1-11H,(H,24,26)(H,29,30). The SMILES string of the molecule is O=C(O)c1ccc(N2C(=O)c3ccc(NC(=O)c4ccc(Br)cc4)cc3C2=O)cc1. The van der Waals surface area contributed by atoms with Crippen LogP contribution in [0.15, 0.2) is 71.2 Å². The van der Waals surface area contributed by atoms with Crippen molar-refractivity contribution in [2.75, 3.05) is 10.2 Å². The van der Waals surface area contributed by atoms with Gasteiger partial charge < -0.3 is 10.4 Å². The smallest absolute Gasteiger partial charge is 0.335 e. The Hall–Kier alpha value is -3.78. The molecule has 0 aromatic heterocycles. The molecule has 2 N–H and O–H groups in total. The van der Waals surface area contributed by atoms with Gasteiger partial charge in [-0.15, -0.1) is 0 Å². The number of carbonyl (C=O) groups is 4. The fourth-order valence-electron chi connectivity index (χ4n) is 3.11. The van der Waals surface area contributed by atoms with Crippen molar-refractivity contribution in [3.05, 3.63) is 93.5 Å². The maximum Gasteiger partial charge on any atom is 0.335 e. The minimum Gasteiger partial charge on any atom is -0.478 e. The minimum atomic E-state index is -1.10. The number of benzene rings is 3. The number of carboxylic acid groups (broad SMARTS) is 1. The van der Waals surface area contributed by atoms with Gasteiger partial charge in [-0.3, -0.25) is 14.4 Å². The predicted molar refractivity (Wildman–Crippen MR) is 113 cm³/mol. The van der Waals surface area contributed by atoms with Crippen molar-refractivity contribution in [2.45, 2.75) is 0 Å². The third-order valence-corrected chi connectivity index (χ3v) is 5.15. The molecule has 0 fully saturated rings. The van der Waals surface area contributed by atoms with Crippen LogP contribution in [0.5, 0.6) is 0 Å². The number of nitrogens with one attached hydrogen (secondary N) is 1. The largest absolute Gasteiger partial charge is 0.478 e. The average molecular weight is 465 g/mol. The van der Waals surface area contributed by atoms with Crippen molar-refractivity contribution in [3.63, 3.8) is 0 Å². The van der Waals surface area contributed by atoms with Crippen LogP contribution >= 0.6 is 15.9 Å². The Morgan fingerprint density at radius 3 is 2.03 bits per heavy atom. The van der Waals surface area contributed by atoms with E-state index < -0.39 is 17.8 Å². The third kappa shape index (κ3) is 3.48. The molecule has 0 unspecified atom stereocenters. The number of rotatable bonds is 4. The molecule has 3 aromatic rings. The van der Waals surface area contributed by atoms with Crippen LogP contribution in [-0.4, -0.2) is 28.8 Å². The first-order chi connectivity index (χ1) is 14.3. The van der Waals surface area contributed by atoms with Gasteiger partial charge in [0.25, 0.3) is 17.7 Å². The van der Waals surface area contributed by atoms with E-state index in [9.17, 15) is 19.2 Å². The second-order valence-electron chi connectivity index (χ2n) is 6.52. The van der Waals surface area contributed by atoms with E-state index in [1.807, 2.05) is 0 Å². The first-order valence-corrected chi connectivity index (χ1v) is 9.57. The zero-order valence-electron chi connectivity index (χ0n) is 15.3. The van der Waals surface area contributed by atoms with Crippen LogP contribution in [0, 0.1) is 0 Å². The number of amides is 3. The number of carboxylic acids is 1. The van der Waals surface area contributed by atoms with Gasteiger partial charge in [0.15, 0.2) is 0 Å². The number of nitrogens with zero attached hydrogens (tertiary/aromatic N) is 1. The summed E-state index contributed by atoms with van der Waals surface area (Å²) < 4.78 is 0.845. The highest BCUT2D eigenvalue weighted by Gasteiger charge is 2.37. The molecular weight excluding hydrogens is 452 g/mol. The maximum atomic E-state index is 12.8. The molecule has 0 bridgehead atoms. The molecule has 8 heteroatoms. The Labute approximate surface area is 179 Å². The van der Waals surface area contributed by atoms with Crippen LogP contribution in [0.2, 0.25) is 0 Å². The van der Waals surface area contributed by atoms with Gasteiger partial charge in [-0.05, 0) is 66.7 Å². The summed E-state index contributed by atoms with van der Waals surface area (Å²) in [4.78, 5) is 49.9. The van der Waals surface area contributed by atoms with E-state index in [0.717, 1.165) is 9.37 Å². The minimum absolute atomic E-state index is 0.0494. The summed E-state index contributed by atoms with van der Waals surface area (Å²) in [5, 5.41) is 11.7. The number of anilines is 2. The number of hydrogen-bond donors (Lipinski definition) is 2. The third-order valence-electron chi connectivity index (χ3n) is 4.62. The number of fused-ring (bicyclic) bond motifs is 1. The Balaban J connectivity index is 1.59. The molecule has 1 heterocycles. The number of imide groups is 1. The number of aromatic carboxylic acids is 1. The van der Waals surface area contributed by atoms with E-state index >= 15 is 0 Å². The second kappa shape index (κ2) is 7.57. The van der Waals surface area contributed by atoms with Gasteiger partial charge in [-0.1, -0.05) is 15.9 Å². The highest BCUT2D eigenvalue weighted by molar-refractivity contribution is 9.10. The normalized spacial score (nSPS) is 12.6. The molecular formula is C22H13BrN2O5. The lowest BCUT2D eigenvalue weighted by atomic mass is 10.1. The molecule has 0 spiro atoms. The van der Waals surface area contributed by atoms with Crippen LogP contribution in [-0.2, 0) is 0 Å². The monoisotopic (exact) mass is 464 g/mol. The molecule has 7 nitrogen and oxygen atoms in total. The lowest BCUT2D eigenvalue weighted by molar-refractivity contribution is 0.0696. The van der Waals surface area contributed by atoms with Gasteiger partial charge in [0.2, 0.25) is 0 Å². The van der Waals surface area contributed by atoms with E-state index in [0.29, 0.717) is 11.3 Å². The van der Waals surface area contributed by atoms with Crippen LogP contribution in [0.3, 0.4) is 0 Å². The molecule has 0 saturated carbocycles. The quantitative estimate of drug-likeness (QED) is 0.563. The van der Waals surface area contributed by atoms with Crippen LogP contribution in [0.4, 0.5) is 11.4 Å². The molecule has 3 amide bonds. The Kier molecular flexibility index (Phi) is 4.93. The van der Waals surface area contributed by atoms with Crippen molar-refractivity contribution in [3.8, 4) is 0 Å². The predicted octanol–water partition coefficient (Wildman–Crippen LogP) is 4.20. The summed E-state index contributed by atoms with van der Waals surface area (Å²) in [5.74, 6) is -2.50. The van der Waals surface area contributed by atoms with Crippen molar-refractivity contribution in [2.24, 2.45) is 0 Å². The first-order valence-electron chi connectivity index (χ1n) is 8.78. The summed E-state index contributed by atoms with van der Waals surface area (Å²) in [5.41, 5.74) is 1.52. The molecule has 30 heavy (non-hydrogen) atoms. The van der Waals surface area contributed by atoms with E-state index in [2.05, 4.69) is 21.2 Å². The van der Waals surface area contributed by atoms with Gasteiger partial charge in [0, 0.05) is 15.7 Å². The summed E-state index contributed by atoms with van der Waals surface area (Å²) in [6.45, 7) is 0. The van der Waals surface area contributed by atoms with Crippen LogP contribution in [0.25, 0.3) is 0 Å². The zero-order valence-corrected chi connectivity index (χ0v) is 16.8. The Bertz CT molecular complexity index is 1200. The fourth-order valence-corrected chi connectivity index (χ4v) is 3.38. The van der Waals surface area contributed by atoms with Crippen molar-refractivity contribution in [1.82, 2.24) is 0 Å². The molecule has 3 aromatic carbocycles. The summed E-state index contributed by atoms with van der Waals surface area (Å²) in [6.07, 6.45) is 0. The lowest BCUT2D eigenvalue weighted by Gasteiger charge is -2.13.